The van der Waals surface area contributed by atoms with E-state index in [9.17, 15) is 14.4 Å². The second-order valence-corrected chi connectivity index (χ2v) is 9.21. The summed E-state index contributed by atoms with van der Waals surface area (Å²) in [7, 11) is 1.62. The Morgan fingerprint density at radius 3 is 2.61 bits per heavy atom. The molecule has 0 aliphatic carbocycles. The van der Waals surface area contributed by atoms with Gasteiger partial charge in [0.1, 0.15) is 10.8 Å². The van der Waals surface area contributed by atoms with Crippen molar-refractivity contribution in [2.75, 3.05) is 31.3 Å². The number of fused-ring (bicyclic) bond motifs is 1. The molecule has 0 saturated carbocycles. The summed E-state index contributed by atoms with van der Waals surface area (Å²) in [5.74, 6) is 0.806. The van der Waals surface area contributed by atoms with Gasteiger partial charge in [0.05, 0.1) is 25.8 Å². The number of carbonyl (C=O) groups is 3. The molecule has 0 fully saturated rings. The van der Waals surface area contributed by atoms with E-state index in [4.69, 9.17) is 9.47 Å². The number of thioether (sulfide) groups is 1. The number of carbonyl (C=O) groups excluding carboxylic acids is 3. The number of amides is 2. The molecule has 7 nitrogen and oxygen atoms in total. The molecule has 0 unspecified atom stereocenters. The molecule has 1 aliphatic heterocycles. The topological polar surface area (TPSA) is 84.9 Å². The van der Waals surface area contributed by atoms with Crippen LogP contribution in [0.2, 0.25) is 0 Å². The van der Waals surface area contributed by atoms with Crippen molar-refractivity contribution in [2.45, 2.75) is 38.1 Å². The van der Waals surface area contributed by atoms with Gasteiger partial charge in [-0.2, -0.15) is 0 Å². The van der Waals surface area contributed by atoms with E-state index in [1.54, 1.807) is 30.7 Å². The summed E-state index contributed by atoms with van der Waals surface area (Å²) in [6, 6.07) is 7.67. The Morgan fingerprint density at radius 2 is 1.97 bits per heavy atom. The summed E-state index contributed by atoms with van der Waals surface area (Å²) in [6.07, 6.45) is 0.879. The molecule has 0 saturated heterocycles. The average molecular weight is 463 g/mol. The Morgan fingerprint density at radius 1 is 1.23 bits per heavy atom. The lowest BCUT2D eigenvalue weighted by atomic mass is 10.0. The minimum Gasteiger partial charge on any atom is -0.497 e. The number of ether oxygens (including phenoxy) is 2. The predicted molar refractivity (Wildman–Crippen MR) is 122 cm³/mol. The molecule has 0 radical (unpaired) electrons. The van der Waals surface area contributed by atoms with Crippen LogP contribution in [0.15, 0.2) is 29.2 Å². The highest BCUT2D eigenvalue weighted by Gasteiger charge is 2.30. The third-order valence-electron chi connectivity index (χ3n) is 4.89. The van der Waals surface area contributed by atoms with E-state index in [1.807, 2.05) is 24.3 Å². The fourth-order valence-corrected chi connectivity index (χ4v) is 5.42. The maximum absolute atomic E-state index is 12.6. The van der Waals surface area contributed by atoms with Gasteiger partial charge in [0.2, 0.25) is 11.8 Å². The minimum absolute atomic E-state index is 0.00197. The molecule has 0 atom stereocenters. The van der Waals surface area contributed by atoms with Gasteiger partial charge in [-0.1, -0.05) is 0 Å². The molecule has 2 heterocycles. The van der Waals surface area contributed by atoms with Crippen molar-refractivity contribution in [2.24, 2.45) is 0 Å². The van der Waals surface area contributed by atoms with Gasteiger partial charge in [0, 0.05) is 35.4 Å². The van der Waals surface area contributed by atoms with Crippen molar-refractivity contribution in [3.05, 3.63) is 40.3 Å². The molecule has 0 bridgehead atoms. The summed E-state index contributed by atoms with van der Waals surface area (Å²) in [6.45, 7) is 4.55. The van der Waals surface area contributed by atoms with Gasteiger partial charge in [-0.15, -0.1) is 23.1 Å². The lowest BCUT2D eigenvalue weighted by Gasteiger charge is -2.25. The molecule has 9 heteroatoms. The first-order valence-electron chi connectivity index (χ1n) is 10.1. The maximum Gasteiger partial charge on any atom is 0.341 e. The molecule has 31 heavy (non-hydrogen) atoms. The number of esters is 1. The number of nitrogens with one attached hydrogen (secondary N) is 1. The van der Waals surface area contributed by atoms with Gasteiger partial charge in [-0.25, -0.2) is 4.79 Å². The summed E-state index contributed by atoms with van der Waals surface area (Å²) < 4.78 is 10.4. The van der Waals surface area contributed by atoms with Crippen molar-refractivity contribution < 1.29 is 23.9 Å². The van der Waals surface area contributed by atoms with E-state index in [1.165, 1.54) is 18.3 Å². The fourth-order valence-electron chi connectivity index (χ4n) is 3.30. The van der Waals surface area contributed by atoms with Crippen LogP contribution in [-0.2, 0) is 27.3 Å². The smallest absolute Gasteiger partial charge is 0.341 e. The summed E-state index contributed by atoms with van der Waals surface area (Å²) >= 11 is 2.93. The van der Waals surface area contributed by atoms with E-state index < -0.39 is 5.97 Å². The van der Waals surface area contributed by atoms with Crippen LogP contribution in [0.3, 0.4) is 0 Å². The molecular weight excluding hydrogens is 436 g/mol. The number of anilines is 1. The maximum atomic E-state index is 12.6. The quantitative estimate of drug-likeness (QED) is 0.472. The number of methoxy groups -OCH3 is 1. The van der Waals surface area contributed by atoms with E-state index in [-0.39, 0.29) is 18.4 Å². The normalized spacial score (nSPS) is 12.8. The first-order chi connectivity index (χ1) is 14.9. The Hall–Kier alpha value is -2.52. The number of benzene rings is 1. The van der Waals surface area contributed by atoms with Crippen LogP contribution in [-0.4, -0.2) is 48.7 Å². The highest BCUT2D eigenvalue weighted by Crippen LogP contribution is 2.38. The Labute approximate surface area is 190 Å². The molecule has 2 amide bonds. The van der Waals surface area contributed by atoms with Crippen molar-refractivity contribution in [1.29, 1.82) is 0 Å². The number of hydrogen-bond donors (Lipinski definition) is 1. The van der Waals surface area contributed by atoms with Crippen molar-refractivity contribution in [1.82, 2.24) is 4.90 Å². The first kappa shape index (κ1) is 23.1. The largest absolute Gasteiger partial charge is 0.497 e. The number of hydrogen-bond acceptors (Lipinski definition) is 7. The number of thiophene rings is 1. The molecule has 1 aromatic heterocycles. The van der Waals surface area contributed by atoms with Gasteiger partial charge in [-0.3, -0.25) is 9.59 Å². The van der Waals surface area contributed by atoms with Gasteiger partial charge in [0.15, 0.2) is 0 Å². The van der Waals surface area contributed by atoms with Crippen LogP contribution in [0.5, 0.6) is 5.75 Å². The highest BCUT2D eigenvalue weighted by molar-refractivity contribution is 7.99. The Balaban J connectivity index is 1.67. The van der Waals surface area contributed by atoms with Crippen LogP contribution in [0.25, 0.3) is 0 Å². The predicted octanol–water partition coefficient (Wildman–Crippen LogP) is 3.96. The van der Waals surface area contributed by atoms with Gasteiger partial charge in [-0.05, 0) is 43.2 Å². The molecule has 166 valence electrons. The fraction of sp³-hybridized carbons (Fsp3) is 0.409. The second-order valence-electron chi connectivity index (χ2n) is 6.94. The lowest BCUT2D eigenvalue weighted by Crippen LogP contribution is -2.34. The summed E-state index contributed by atoms with van der Waals surface area (Å²) in [4.78, 5) is 40.6. The van der Waals surface area contributed by atoms with Gasteiger partial charge < -0.3 is 19.7 Å². The lowest BCUT2D eigenvalue weighted by molar-refractivity contribution is -0.129. The number of nitrogens with zero attached hydrogens (tertiary/aromatic N) is 1. The third kappa shape index (κ3) is 5.80. The third-order valence-corrected chi connectivity index (χ3v) is 7.04. The van der Waals surface area contributed by atoms with Crippen LogP contribution in [0, 0.1) is 0 Å². The zero-order chi connectivity index (χ0) is 22.4. The van der Waals surface area contributed by atoms with Crippen LogP contribution < -0.4 is 10.1 Å². The van der Waals surface area contributed by atoms with Crippen LogP contribution in [0.1, 0.15) is 41.1 Å². The van der Waals surface area contributed by atoms with Crippen molar-refractivity contribution in [3.63, 3.8) is 0 Å². The molecule has 2 aromatic rings. The van der Waals surface area contributed by atoms with Gasteiger partial charge >= 0.3 is 5.97 Å². The zero-order valence-corrected chi connectivity index (χ0v) is 19.5. The number of rotatable bonds is 8. The molecule has 1 N–H and O–H groups in total. The first-order valence-corrected chi connectivity index (χ1v) is 11.9. The van der Waals surface area contributed by atoms with E-state index >= 15 is 0 Å². The van der Waals surface area contributed by atoms with Crippen LogP contribution in [0.4, 0.5) is 5.00 Å². The zero-order valence-electron chi connectivity index (χ0n) is 17.9. The van der Waals surface area contributed by atoms with E-state index in [0.29, 0.717) is 42.2 Å². The molecular formula is C22H26N2O5S2. The minimum atomic E-state index is -0.431. The molecule has 1 aromatic carbocycles. The van der Waals surface area contributed by atoms with Crippen LogP contribution >= 0.6 is 23.1 Å². The average Bonchev–Trinajstić information content (AvgIpc) is 3.11. The molecule has 3 rings (SSSR count). The van der Waals surface area contributed by atoms with Crippen molar-refractivity contribution >= 4 is 45.9 Å². The highest BCUT2D eigenvalue weighted by atomic mass is 32.2. The summed E-state index contributed by atoms with van der Waals surface area (Å²) in [5.41, 5.74) is 1.31. The molecule has 1 aliphatic rings. The van der Waals surface area contributed by atoms with E-state index in [2.05, 4.69) is 5.32 Å². The summed E-state index contributed by atoms with van der Waals surface area (Å²) in [5, 5.41) is 3.41. The standard InChI is InChI=1S/C22H26N2O5S2/c1-4-29-22(27)20-17-9-11-24(14(2)25)13-18(17)31-21(20)23-19(26)10-12-30-16-7-5-15(28-3)6-8-16/h5-8H,4,9-13H2,1-3H3,(H,23,26). The monoisotopic (exact) mass is 462 g/mol. The van der Waals surface area contributed by atoms with Crippen molar-refractivity contribution in [3.8, 4) is 5.75 Å². The Kier molecular flexibility index (Phi) is 7.97. The SMILES string of the molecule is CCOC(=O)c1c(NC(=O)CCSc2ccc(OC)cc2)sc2c1CCN(C(C)=O)C2. The van der Waals surface area contributed by atoms with Gasteiger partial charge in [0.25, 0.3) is 0 Å². The van der Waals surface area contributed by atoms with E-state index in [0.717, 1.165) is 21.1 Å². The second kappa shape index (κ2) is 10.7. The molecule has 0 spiro atoms. The Bertz CT molecular complexity index is 956.